The number of nitrogens with zero attached hydrogens (tertiary/aromatic N) is 2. The van der Waals surface area contributed by atoms with E-state index in [1.807, 2.05) is 51.1 Å². The molecular formula is C36H38Cl3N3O5S. The molecule has 4 rings (SSSR count). The van der Waals surface area contributed by atoms with Crippen molar-refractivity contribution in [1.82, 2.24) is 10.2 Å². The lowest BCUT2D eigenvalue weighted by Gasteiger charge is -2.34. The molecular weight excluding hydrogens is 693 g/mol. The molecule has 12 heteroatoms. The number of sulfonamides is 1. The van der Waals surface area contributed by atoms with E-state index in [0.717, 1.165) is 15.4 Å². The van der Waals surface area contributed by atoms with Crippen molar-refractivity contribution in [2.45, 2.75) is 57.1 Å². The summed E-state index contributed by atoms with van der Waals surface area (Å²) in [5, 5.41) is 3.87. The Bertz CT molecular complexity index is 1840. The number of aryl methyl sites for hydroxylation is 1. The highest BCUT2D eigenvalue weighted by Crippen LogP contribution is 2.33. The van der Waals surface area contributed by atoms with E-state index in [-0.39, 0.29) is 40.5 Å². The zero-order chi connectivity index (χ0) is 35.0. The third-order valence-electron chi connectivity index (χ3n) is 7.94. The second kappa shape index (κ2) is 16.6. The van der Waals surface area contributed by atoms with E-state index in [1.54, 1.807) is 30.3 Å². The summed E-state index contributed by atoms with van der Waals surface area (Å²) in [5.41, 5.74) is 2.35. The highest BCUT2D eigenvalue weighted by molar-refractivity contribution is 7.92. The normalized spacial score (nSPS) is 12.6. The van der Waals surface area contributed by atoms with Gasteiger partial charge in [-0.1, -0.05) is 95.8 Å². The molecule has 0 bridgehead atoms. The summed E-state index contributed by atoms with van der Waals surface area (Å²) >= 11 is 19.2. The number of halogens is 3. The Morgan fingerprint density at radius 1 is 0.896 bits per heavy atom. The number of benzene rings is 4. The van der Waals surface area contributed by atoms with Crippen molar-refractivity contribution >= 4 is 62.3 Å². The van der Waals surface area contributed by atoms with Gasteiger partial charge in [0.15, 0.2) is 0 Å². The van der Waals surface area contributed by atoms with Crippen LogP contribution in [0, 0.1) is 6.92 Å². The SMILES string of the molecule is CCC(C)NC(=O)C(Cc1ccccc1)N(Cc1ccc(Cl)cc1Cl)C(=O)CN(c1ccc(OC)c(Cl)c1)S(=O)(=O)c1ccc(C)cc1. The number of carbonyl (C=O) groups excluding carboxylic acids is 2. The van der Waals surface area contributed by atoms with Crippen LogP contribution < -0.4 is 14.4 Å². The van der Waals surface area contributed by atoms with Crippen LogP contribution in [0.4, 0.5) is 5.69 Å². The third-order valence-corrected chi connectivity index (χ3v) is 10.6. The van der Waals surface area contributed by atoms with Gasteiger partial charge in [0.25, 0.3) is 10.0 Å². The molecule has 8 nitrogen and oxygen atoms in total. The fourth-order valence-corrected chi connectivity index (χ4v) is 7.13. The van der Waals surface area contributed by atoms with Gasteiger partial charge in [-0.15, -0.1) is 0 Å². The van der Waals surface area contributed by atoms with Crippen LogP contribution in [-0.2, 0) is 32.6 Å². The Hall–Kier alpha value is -3.76. The van der Waals surface area contributed by atoms with Gasteiger partial charge in [-0.2, -0.15) is 0 Å². The zero-order valence-corrected chi connectivity index (χ0v) is 30.2. The number of carbonyl (C=O) groups is 2. The highest BCUT2D eigenvalue weighted by atomic mass is 35.5. The lowest BCUT2D eigenvalue weighted by molar-refractivity contribution is -0.140. The van der Waals surface area contributed by atoms with Crippen LogP contribution in [0.2, 0.25) is 15.1 Å². The van der Waals surface area contributed by atoms with E-state index < -0.39 is 28.5 Å². The zero-order valence-electron chi connectivity index (χ0n) is 27.1. The predicted octanol–water partition coefficient (Wildman–Crippen LogP) is 7.71. The number of hydrogen-bond donors (Lipinski definition) is 1. The number of ether oxygens (including phenoxy) is 1. The Labute approximate surface area is 297 Å². The number of anilines is 1. The molecule has 0 radical (unpaired) electrons. The van der Waals surface area contributed by atoms with Crippen molar-refractivity contribution in [2.75, 3.05) is 18.0 Å². The minimum atomic E-state index is -4.31. The molecule has 0 aliphatic heterocycles. The largest absolute Gasteiger partial charge is 0.495 e. The van der Waals surface area contributed by atoms with Gasteiger partial charge >= 0.3 is 0 Å². The molecule has 254 valence electrons. The molecule has 2 unspecified atom stereocenters. The van der Waals surface area contributed by atoms with Gasteiger partial charge in [-0.05, 0) is 73.9 Å². The summed E-state index contributed by atoms with van der Waals surface area (Å²) in [4.78, 5) is 30.0. The molecule has 4 aromatic rings. The van der Waals surface area contributed by atoms with E-state index in [4.69, 9.17) is 39.5 Å². The molecule has 0 heterocycles. The number of methoxy groups -OCH3 is 1. The molecule has 1 N–H and O–H groups in total. The summed E-state index contributed by atoms with van der Waals surface area (Å²) in [6.07, 6.45) is 0.834. The second-order valence-electron chi connectivity index (χ2n) is 11.4. The van der Waals surface area contributed by atoms with E-state index in [0.29, 0.717) is 27.8 Å². The van der Waals surface area contributed by atoms with Gasteiger partial charge in [0.05, 0.1) is 22.7 Å². The molecule has 0 aliphatic carbocycles. The topological polar surface area (TPSA) is 96.0 Å². The average molecular weight is 731 g/mol. The monoisotopic (exact) mass is 729 g/mol. The van der Waals surface area contributed by atoms with Crippen molar-refractivity contribution < 1.29 is 22.7 Å². The average Bonchev–Trinajstić information content (AvgIpc) is 3.06. The summed E-state index contributed by atoms with van der Waals surface area (Å²) in [6, 6.07) is 23.8. The highest BCUT2D eigenvalue weighted by Gasteiger charge is 2.35. The van der Waals surface area contributed by atoms with Crippen molar-refractivity contribution in [3.05, 3.63) is 123 Å². The van der Waals surface area contributed by atoms with Gasteiger partial charge < -0.3 is 15.0 Å². The van der Waals surface area contributed by atoms with Crippen molar-refractivity contribution in [3.8, 4) is 5.75 Å². The quantitative estimate of drug-likeness (QED) is 0.143. The van der Waals surface area contributed by atoms with Gasteiger partial charge in [0, 0.05) is 29.1 Å². The fraction of sp³-hybridized carbons (Fsp3) is 0.278. The Kier molecular flexibility index (Phi) is 12.8. The minimum absolute atomic E-state index is 0.0181. The summed E-state index contributed by atoms with van der Waals surface area (Å²) in [6.45, 7) is 4.93. The van der Waals surface area contributed by atoms with Crippen molar-refractivity contribution in [2.24, 2.45) is 0 Å². The smallest absolute Gasteiger partial charge is 0.264 e. The fourth-order valence-electron chi connectivity index (χ4n) is 5.01. The number of rotatable bonds is 14. The summed E-state index contributed by atoms with van der Waals surface area (Å²) < 4.78 is 34.8. The third kappa shape index (κ3) is 9.23. The molecule has 0 aromatic heterocycles. The van der Waals surface area contributed by atoms with Crippen molar-refractivity contribution in [3.63, 3.8) is 0 Å². The molecule has 2 atom stereocenters. The maximum atomic E-state index is 14.7. The molecule has 0 spiro atoms. The lowest BCUT2D eigenvalue weighted by Crippen LogP contribution is -2.54. The van der Waals surface area contributed by atoms with Crippen LogP contribution in [0.5, 0.6) is 5.75 Å². The second-order valence-corrected chi connectivity index (χ2v) is 14.5. The van der Waals surface area contributed by atoms with Crippen LogP contribution in [0.15, 0.2) is 95.9 Å². The first-order valence-electron chi connectivity index (χ1n) is 15.3. The molecule has 0 fully saturated rings. The molecule has 0 aliphatic rings. The summed E-state index contributed by atoms with van der Waals surface area (Å²) in [7, 11) is -2.86. The molecule has 48 heavy (non-hydrogen) atoms. The first-order chi connectivity index (χ1) is 22.8. The molecule has 0 saturated carbocycles. The predicted molar refractivity (Wildman–Crippen MR) is 193 cm³/mol. The number of hydrogen-bond acceptors (Lipinski definition) is 5. The first-order valence-corrected chi connectivity index (χ1v) is 17.9. The standard InChI is InChI=1S/C36H38Cl3N3O5S/c1-5-25(3)40-36(44)33(19-26-9-7-6-8-10-26)41(22-27-13-14-28(37)20-31(27)38)35(43)23-42(29-15-18-34(47-4)32(39)21-29)48(45,46)30-16-11-24(2)12-17-30/h6-18,20-21,25,33H,5,19,22-23H2,1-4H3,(H,40,44). The van der Waals surface area contributed by atoms with Gasteiger partial charge in [0.2, 0.25) is 11.8 Å². The Balaban J connectivity index is 1.85. The van der Waals surface area contributed by atoms with Crippen LogP contribution >= 0.6 is 34.8 Å². The maximum absolute atomic E-state index is 14.7. The van der Waals surface area contributed by atoms with Gasteiger partial charge in [0.1, 0.15) is 18.3 Å². The van der Waals surface area contributed by atoms with E-state index in [9.17, 15) is 18.0 Å². The Morgan fingerprint density at radius 2 is 1.58 bits per heavy atom. The van der Waals surface area contributed by atoms with Gasteiger partial charge in [-0.3, -0.25) is 13.9 Å². The van der Waals surface area contributed by atoms with E-state index >= 15 is 0 Å². The van der Waals surface area contributed by atoms with E-state index in [1.165, 1.54) is 42.3 Å². The number of amides is 2. The molecule has 0 saturated heterocycles. The van der Waals surface area contributed by atoms with Crippen LogP contribution in [0.1, 0.15) is 37.0 Å². The van der Waals surface area contributed by atoms with Crippen LogP contribution in [0.3, 0.4) is 0 Å². The molecule has 4 aromatic carbocycles. The van der Waals surface area contributed by atoms with Crippen LogP contribution in [0.25, 0.3) is 0 Å². The van der Waals surface area contributed by atoms with Gasteiger partial charge in [-0.25, -0.2) is 8.42 Å². The van der Waals surface area contributed by atoms with Crippen LogP contribution in [-0.4, -0.2) is 50.9 Å². The number of nitrogens with one attached hydrogen (secondary N) is 1. The maximum Gasteiger partial charge on any atom is 0.264 e. The van der Waals surface area contributed by atoms with Crippen molar-refractivity contribution in [1.29, 1.82) is 0 Å². The van der Waals surface area contributed by atoms with E-state index in [2.05, 4.69) is 5.32 Å². The summed E-state index contributed by atoms with van der Waals surface area (Å²) in [5.74, 6) is -0.681. The Morgan fingerprint density at radius 3 is 2.19 bits per heavy atom. The first kappa shape index (κ1) is 37.1. The lowest BCUT2D eigenvalue weighted by atomic mass is 10.0. The molecule has 2 amide bonds. The minimum Gasteiger partial charge on any atom is -0.495 e.